The van der Waals surface area contributed by atoms with Crippen molar-refractivity contribution in [1.82, 2.24) is 5.32 Å². The van der Waals surface area contributed by atoms with Gasteiger partial charge >= 0.3 is 5.97 Å². The van der Waals surface area contributed by atoms with E-state index in [0.717, 1.165) is 0 Å². The van der Waals surface area contributed by atoms with Crippen LogP contribution in [0.15, 0.2) is 0 Å². The first-order valence-corrected chi connectivity index (χ1v) is 4.07. The van der Waals surface area contributed by atoms with Crippen molar-refractivity contribution in [1.29, 1.82) is 5.41 Å². The summed E-state index contributed by atoms with van der Waals surface area (Å²) in [5, 5.41) is 17.8. The van der Waals surface area contributed by atoms with Crippen LogP contribution in [-0.2, 0) is 4.79 Å². The van der Waals surface area contributed by atoms with Gasteiger partial charge in [-0.3, -0.25) is 10.2 Å². The van der Waals surface area contributed by atoms with Gasteiger partial charge in [-0.2, -0.15) is 0 Å². The molecular formula is C7H16N4O2. The van der Waals surface area contributed by atoms with Gasteiger partial charge in [0.15, 0.2) is 5.96 Å². The Morgan fingerprint density at radius 2 is 2.23 bits per heavy atom. The molecule has 0 aromatic carbocycles. The molecule has 6 nitrogen and oxygen atoms in total. The highest BCUT2D eigenvalue weighted by Crippen LogP contribution is 1.97. The SMILES string of the molecule is N=C(N)NCCCC(N)CC(=O)O. The van der Waals surface area contributed by atoms with Crippen LogP contribution in [-0.4, -0.2) is 29.6 Å². The number of rotatable bonds is 6. The molecule has 0 rings (SSSR count). The van der Waals surface area contributed by atoms with Gasteiger partial charge in [-0.05, 0) is 12.8 Å². The Kier molecular flexibility index (Phi) is 5.62. The molecule has 0 aliphatic rings. The molecule has 0 amide bonds. The lowest BCUT2D eigenvalue weighted by Crippen LogP contribution is -2.32. The van der Waals surface area contributed by atoms with Crippen LogP contribution >= 0.6 is 0 Å². The van der Waals surface area contributed by atoms with E-state index in [0.29, 0.717) is 19.4 Å². The highest BCUT2D eigenvalue weighted by Gasteiger charge is 2.06. The monoisotopic (exact) mass is 188 g/mol. The first-order valence-electron chi connectivity index (χ1n) is 4.07. The summed E-state index contributed by atoms with van der Waals surface area (Å²) in [6, 6.07) is -0.314. The van der Waals surface area contributed by atoms with E-state index in [9.17, 15) is 4.79 Å². The zero-order chi connectivity index (χ0) is 10.3. The molecule has 1 atom stereocenters. The zero-order valence-electron chi connectivity index (χ0n) is 7.42. The predicted octanol–water partition coefficient (Wildman–Crippen LogP) is -0.948. The highest BCUT2D eigenvalue weighted by molar-refractivity contribution is 5.74. The lowest BCUT2D eigenvalue weighted by Gasteiger charge is -2.08. The minimum Gasteiger partial charge on any atom is -0.481 e. The summed E-state index contributed by atoms with van der Waals surface area (Å²) in [6.07, 6.45) is 1.32. The summed E-state index contributed by atoms with van der Waals surface area (Å²) < 4.78 is 0. The summed E-state index contributed by atoms with van der Waals surface area (Å²) in [5.41, 5.74) is 10.5. The Bertz CT molecular complexity index is 183. The summed E-state index contributed by atoms with van der Waals surface area (Å²) in [6.45, 7) is 0.558. The number of hydrogen-bond acceptors (Lipinski definition) is 3. The molecule has 0 aliphatic heterocycles. The predicted molar refractivity (Wildman–Crippen MR) is 49.4 cm³/mol. The average molecular weight is 188 g/mol. The summed E-state index contributed by atoms with van der Waals surface area (Å²) in [5.74, 6) is -0.959. The van der Waals surface area contributed by atoms with E-state index in [-0.39, 0.29) is 18.4 Å². The van der Waals surface area contributed by atoms with Gasteiger partial charge in [0.05, 0.1) is 6.42 Å². The molecule has 76 valence electrons. The Balaban J connectivity index is 3.31. The first-order chi connectivity index (χ1) is 6.02. The van der Waals surface area contributed by atoms with Gasteiger partial charge in [0.25, 0.3) is 0 Å². The lowest BCUT2D eigenvalue weighted by atomic mass is 10.1. The number of hydrogen-bond donors (Lipinski definition) is 5. The van der Waals surface area contributed by atoms with E-state index in [1.807, 2.05) is 0 Å². The second kappa shape index (κ2) is 6.24. The van der Waals surface area contributed by atoms with Crippen molar-refractivity contribution in [3.63, 3.8) is 0 Å². The van der Waals surface area contributed by atoms with Crippen molar-refractivity contribution < 1.29 is 9.90 Å². The van der Waals surface area contributed by atoms with Crippen LogP contribution in [0.25, 0.3) is 0 Å². The van der Waals surface area contributed by atoms with E-state index in [4.69, 9.17) is 22.0 Å². The maximum absolute atomic E-state index is 10.2. The van der Waals surface area contributed by atoms with Crippen LogP contribution in [0.4, 0.5) is 0 Å². The molecule has 0 radical (unpaired) electrons. The molecule has 1 unspecified atom stereocenters. The molecular weight excluding hydrogens is 172 g/mol. The van der Waals surface area contributed by atoms with Crippen LogP contribution in [0.3, 0.4) is 0 Å². The number of guanidine groups is 1. The van der Waals surface area contributed by atoms with Gasteiger partial charge in [-0.25, -0.2) is 0 Å². The number of nitrogens with one attached hydrogen (secondary N) is 2. The van der Waals surface area contributed by atoms with E-state index >= 15 is 0 Å². The third-order valence-electron chi connectivity index (χ3n) is 1.50. The van der Waals surface area contributed by atoms with Gasteiger partial charge in [0.2, 0.25) is 0 Å². The third-order valence-corrected chi connectivity index (χ3v) is 1.50. The lowest BCUT2D eigenvalue weighted by molar-refractivity contribution is -0.137. The van der Waals surface area contributed by atoms with E-state index in [1.54, 1.807) is 0 Å². The molecule has 0 bridgehead atoms. The van der Waals surface area contributed by atoms with Crippen molar-refractivity contribution >= 4 is 11.9 Å². The van der Waals surface area contributed by atoms with Crippen LogP contribution in [0.2, 0.25) is 0 Å². The maximum atomic E-state index is 10.2. The zero-order valence-corrected chi connectivity index (χ0v) is 7.42. The quantitative estimate of drug-likeness (QED) is 0.209. The van der Waals surface area contributed by atoms with Crippen molar-refractivity contribution in [2.24, 2.45) is 11.5 Å². The summed E-state index contributed by atoms with van der Waals surface area (Å²) >= 11 is 0. The van der Waals surface area contributed by atoms with Gasteiger partial charge in [0, 0.05) is 12.6 Å². The van der Waals surface area contributed by atoms with E-state index in [2.05, 4.69) is 5.32 Å². The molecule has 0 saturated heterocycles. The third kappa shape index (κ3) is 8.61. The summed E-state index contributed by atoms with van der Waals surface area (Å²) in [4.78, 5) is 10.2. The molecule has 0 saturated carbocycles. The Morgan fingerprint density at radius 1 is 1.62 bits per heavy atom. The number of carboxylic acids is 1. The minimum atomic E-state index is -0.882. The van der Waals surface area contributed by atoms with Crippen LogP contribution < -0.4 is 16.8 Å². The molecule has 0 fully saturated rings. The van der Waals surface area contributed by atoms with E-state index < -0.39 is 5.97 Å². The Hall–Kier alpha value is -1.30. The molecule has 6 heteroatoms. The molecule has 0 heterocycles. The van der Waals surface area contributed by atoms with Gasteiger partial charge < -0.3 is 21.9 Å². The Morgan fingerprint density at radius 3 is 2.69 bits per heavy atom. The normalized spacial score (nSPS) is 12.1. The maximum Gasteiger partial charge on any atom is 0.304 e. The smallest absolute Gasteiger partial charge is 0.304 e. The first kappa shape index (κ1) is 11.7. The molecule has 0 aliphatic carbocycles. The van der Waals surface area contributed by atoms with Crippen molar-refractivity contribution in [2.75, 3.05) is 6.54 Å². The fourth-order valence-corrected chi connectivity index (χ4v) is 0.914. The standard InChI is InChI=1S/C7H16N4O2/c8-5(4-6(12)13)2-1-3-11-7(9)10/h5H,1-4,8H2,(H,12,13)(H4,9,10,11). The van der Waals surface area contributed by atoms with Gasteiger partial charge in [0.1, 0.15) is 0 Å². The largest absolute Gasteiger partial charge is 0.481 e. The fourth-order valence-electron chi connectivity index (χ4n) is 0.914. The minimum absolute atomic E-state index is 0.0138. The molecule has 7 N–H and O–H groups in total. The number of carbonyl (C=O) groups is 1. The van der Waals surface area contributed by atoms with Crippen LogP contribution in [0, 0.1) is 5.41 Å². The number of aliphatic carboxylic acids is 1. The second-order valence-corrected chi connectivity index (χ2v) is 2.84. The Labute approximate surface area is 76.8 Å². The summed E-state index contributed by atoms with van der Waals surface area (Å²) in [7, 11) is 0. The fraction of sp³-hybridized carbons (Fsp3) is 0.714. The van der Waals surface area contributed by atoms with Crippen molar-refractivity contribution in [3.05, 3.63) is 0 Å². The molecule has 13 heavy (non-hydrogen) atoms. The number of carboxylic acid groups (broad SMARTS) is 1. The second-order valence-electron chi connectivity index (χ2n) is 2.84. The molecule has 0 aromatic rings. The molecule has 0 aromatic heterocycles. The van der Waals surface area contributed by atoms with Gasteiger partial charge in [-0.1, -0.05) is 0 Å². The average Bonchev–Trinajstić information content (AvgIpc) is 1.96. The number of nitrogens with two attached hydrogens (primary N) is 2. The van der Waals surface area contributed by atoms with Crippen molar-refractivity contribution in [2.45, 2.75) is 25.3 Å². The topological polar surface area (TPSA) is 125 Å². The molecule has 0 spiro atoms. The van der Waals surface area contributed by atoms with Gasteiger partial charge in [-0.15, -0.1) is 0 Å². The highest BCUT2D eigenvalue weighted by atomic mass is 16.4. The van der Waals surface area contributed by atoms with Crippen molar-refractivity contribution in [3.8, 4) is 0 Å². The van der Waals surface area contributed by atoms with Crippen LogP contribution in [0.5, 0.6) is 0 Å². The van der Waals surface area contributed by atoms with Crippen LogP contribution in [0.1, 0.15) is 19.3 Å². The van der Waals surface area contributed by atoms with E-state index in [1.165, 1.54) is 0 Å².